The van der Waals surface area contributed by atoms with Gasteiger partial charge in [0.1, 0.15) is 11.2 Å². The minimum atomic E-state index is -3.28. The van der Waals surface area contributed by atoms with Crippen molar-refractivity contribution in [3.8, 4) is 0 Å². The summed E-state index contributed by atoms with van der Waals surface area (Å²) >= 11 is 1.59. The van der Waals surface area contributed by atoms with Crippen LogP contribution in [-0.2, 0) is 9.84 Å². The number of nitrogens with zero attached hydrogens (tertiary/aromatic N) is 1. The summed E-state index contributed by atoms with van der Waals surface area (Å²) < 4.78 is 39.0. The molecular weight excluding hydrogens is 311 g/mol. The van der Waals surface area contributed by atoms with Crippen LogP contribution in [0.25, 0.3) is 0 Å². The van der Waals surface area contributed by atoms with Crippen molar-refractivity contribution in [3.63, 3.8) is 0 Å². The lowest BCUT2D eigenvalue weighted by molar-refractivity contribution is 0.572. The molecule has 1 unspecified atom stereocenters. The zero-order valence-electron chi connectivity index (χ0n) is 12.3. The highest BCUT2D eigenvalue weighted by Gasteiger charge is 2.35. The fourth-order valence-corrected chi connectivity index (χ4v) is 5.50. The number of nitrogens with two attached hydrogens (primary N) is 1. The smallest absolute Gasteiger partial charge is 0.171 e. The lowest BCUT2D eigenvalue weighted by Crippen LogP contribution is -2.48. The molecule has 1 fully saturated rings. The van der Waals surface area contributed by atoms with Crippen LogP contribution in [0.4, 0.5) is 10.1 Å². The molecule has 2 rings (SSSR count). The third kappa shape index (κ3) is 3.35. The van der Waals surface area contributed by atoms with E-state index in [0.29, 0.717) is 23.5 Å². The molecule has 1 heterocycles. The van der Waals surface area contributed by atoms with E-state index in [9.17, 15) is 12.8 Å². The molecular formula is C14H21FN2O2S2. The SMILES string of the molecule is CCS(=O)(=O)C1CSCCN1c1c(F)cccc1[C@H](C)N. The molecule has 1 saturated heterocycles. The Hall–Kier alpha value is -0.790. The van der Waals surface area contributed by atoms with Gasteiger partial charge in [0.05, 0.1) is 5.69 Å². The Morgan fingerprint density at radius 3 is 2.86 bits per heavy atom. The average Bonchev–Trinajstić information content (AvgIpc) is 2.47. The van der Waals surface area contributed by atoms with Crippen LogP contribution in [0.2, 0.25) is 0 Å². The van der Waals surface area contributed by atoms with Crippen LogP contribution >= 0.6 is 11.8 Å². The van der Waals surface area contributed by atoms with E-state index in [2.05, 4.69) is 0 Å². The van der Waals surface area contributed by atoms with Gasteiger partial charge in [0, 0.05) is 29.8 Å². The molecule has 4 nitrogen and oxygen atoms in total. The second-order valence-corrected chi connectivity index (χ2v) is 8.74. The second kappa shape index (κ2) is 6.54. The van der Waals surface area contributed by atoms with Crippen molar-refractivity contribution >= 4 is 27.3 Å². The molecule has 0 amide bonds. The molecule has 1 aromatic carbocycles. The zero-order chi connectivity index (χ0) is 15.6. The van der Waals surface area contributed by atoms with E-state index in [0.717, 1.165) is 5.75 Å². The standard InChI is InChI=1S/C14H21FN2O2S2/c1-3-21(18,19)13-9-20-8-7-17(13)14-11(10(2)16)5-4-6-12(14)15/h4-6,10,13H,3,7-9,16H2,1-2H3/t10-,13?/m0/s1. The van der Waals surface area contributed by atoms with Crippen LogP contribution < -0.4 is 10.6 Å². The Kier molecular flexibility index (Phi) is 5.16. The van der Waals surface area contributed by atoms with Crippen LogP contribution in [0, 0.1) is 5.82 Å². The predicted octanol–water partition coefficient (Wildman–Crippen LogP) is 2.16. The van der Waals surface area contributed by atoms with Gasteiger partial charge in [-0.1, -0.05) is 19.1 Å². The highest BCUT2D eigenvalue weighted by atomic mass is 32.2. The molecule has 1 aliphatic rings. The van der Waals surface area contributed by atoms with Gasteiger partial charge >= 0.3 is 0 Å². The Bertz CT molecular complexity index is 605. The molecule has 2 N–H and O–H groups in total. The van der Waals surface area contributed by atoms with Crippen molar-refractivity contribution in [3.05, 3.63) is 29.6 Å². The molecule has 0 aliphatic carbocycles. The molecule has 118 valence electrons. The summed E-state index contributed by atoms with van der Waals surface area (Å²) in [7, 11) is -3.28. The van der Waals surface area contributed by atoms with Crippen molar-refractivity contribution < 1.29 is 12.8 Å². The van der Waals surface area contributed by atoms with E-state index in [1.165, 1.54) is 6.07 Å². The van der Waals surface area contributed by atoms with E-state index in [1.54, 1.807) is 42.6 Å². The molecule has 0 saturated carbocycles. The highest BCUT2D eigenvalue weighted by Crippen LogP contribution is 2.34. The van der Waals surface area contributed by atoms with E-state index < -0.39 is 21.0 Å². The molecule has 2 atom stereocenters. The fourth-order valence-electron chi connectivity index (χ4n) is 2.53. The number of benzene rings is 1. The maximum atomic E-state index is 14.4. The first-order chi connectivity index (χ1) is 9.88. The van der Waals surface area contributed by atoms with E-state index in [-0.39, 0.29) is 11.8 Å². The number of anilines is 1. The molecule has 7 heteroatoms. The van der Waals surface area contributed by atoms with Gasteiger partial charge in [-0.15, -0.1) is 0 Å². The molecule has 0 spiro atoms. The number of halogens is 1. The van der Waals surface area contributed by atoms with Crippen molar-refractivity contribution in [2.24, 2.45) is 5.73 Å². The summed E-state index contributed by atoms with van der Waals surface area (Å²) in [5.41, 5.74) is 6.92. The van der Waals surface area contributed by atoms with Crippen LogP contribution in [0.3, 0.4) is 0 Å². The molecule has 0 radical (unpaired) electrons. The van der Waals surface area contributed by atoms with Crippen molar-refractivity contribution in [1.29, 1.82) is 0 Å². The van der Waals surface area contributed by atoms with Gasteiger partial charge in [-0.25, -0.2) is 12.8 Å². The Labute approximate surface area is 129 Å². The van der Waals surface area contributed by atoms with Crippen molar-refractivity contribution in [2.75, 3.05) is 28.7 Å². The van der Waals surface area contributed by atoms with E-state index >= 15 is 0 Å². The van der Waals surface area contributed by atoms with Gasteiger partial charge in [-0.2, -0.15) is 11.8 Å². The third-order valence-corrected chi connectivity index (χ3v) is 6.99. The maximum Gasteiger partial charge on any atom is 0.171 e. The van der Waals surface area contributed by atoms with Crippen LogP contribution in [0.15, 0.2) is 18.2 Å². The topological polar surface area (TPSA) is 63.4 Å². The lowest BCUT2D eigenvalue weighted by atomic mass is 10.1. The third-order valence-electron chi connectivity index (χ3n) is 3.70. The quantitative estimate of drug-likeness (QED) is 0.915. The summed E-state index contributed by atoms with van der Waals surface area (Å²) in [5, 5.41) is -0.685. The van der Waals surface area contributed by atoms with E-state index in [4.69, 9.17) is 5.73 Å². The van der Waals surface area contributed by atoms with Crippen LogP contribution in [-0.4, -0.2) is 37.6 Å². The largest absolute Gasteiger partial charge is 0.351 e. The van der Waals surface area contributed by atoms with Gasteiger partial charge in [0.2, 0.25) is 0 Å². The first kappa shape index (κ1) is 16.6. The Morgan fingerprint density at radius 2 is 2.24 bits per heavy atom. The van der Waals surface area contributed by atoms with Crippen LogP contribution in [0.5, 0.6) is 0 Å². The monoisotopic (exact) mass is 332 g/mol. The number of hydrogen-bond donors (Lipinski definition) is 1. The zero-order valence-corrected chi connectivity index (χ0v) is 13.9. The van der Waals surface area contributed by atoms with Gasteiger partial charge in [0.15, 0.2) is 9.84 Å². The number of para-hydroxylation sites is 1. The molecule has 0 aromatic heterocycles. The molecule has 1 aliphatic heterocycles. The summed E-state index contributed by atoms with van der Waals surface area (Å²) in [6.45, 7) is 3.91. The highest BCUT2D eigenvalue weighted by molar-refractivity contribution is 8.01. The minimum Gasteiger partial charge on any atom is -0.351 e. The van der Waals surface area contributed by atoms with Gasteiger partial charge in [-0.05, 0) is 18.6 Å². The fraction of sp³-hybridized carbons (Fsp3) is 0.571. The van der Waals surface area contributed by atoms with E-state index in [1.807, 2.05) is 0 Å². The average molecular weight is 332 g/mol. The lowest BCUT2D eigenvalue weighted by Gasteiger charge is -2.38. The summed E-state index contributed by atoms with van der Waals surface area (Å²) in [6, 6.07) is 4.38. The molecule has 21 heavy (non-hydrogen) atoms. The Balaban J connectivity index is 2.53. The van der Waals surface area contributed by atoms with Crippen molar-refractivity contribution in [1.82, 2.24) is 0 Å². The number of rotatable bonds is 4. The number of thioether (sulfide) groups is 1. The Morgan fingerprint density at radius 1 is 1.52 bits per heavy atom. The van der Waals surface area contributed by atoms with Gasteiger partial charge in [-0.3, -0.25) is 0 Å². The summed E-state index contributed by atoms with van der Waals surface area (Å²) in [5.74, 6) is 0.884. The first-order valence-electron chi connectivity index (χ1n) is 6.98. The first-order valence-corrected chi connectivity index (χ1v) is 9.85. The number of hydrogen-bond acceptors (Lipinski definition) is 5. The maximum absolute atomic E-state index is 14.4. The van der Waals surface area contributed by atoms with Crippen molar-refractivity contribution in [2.45, 2.75) is 25.3 Å². The minimum absolute atomic E-state index is 0.0523. The van der Waals surface area contributed by atoms with Crippen LogP contribution in [0.1, 0.15) is 25.5 Å². The van der Waals surface area contributed by atoms with Gasteiger partial charge < -0.3 is 10.6 Å². The normalized spacial score (nSPS) is 21.3. The second-order valence-electron chi connectivity index (χ2n) is 5.14. The molecule has 0 bridgehead atoms. The predicted molar refractivity (Wildman–Crippen MR) is 86.9 cm³/mol. The number of sulfone groups is 1. The summed E-state index contributed by atoms with van der Waals surface area (Å²) in [4.78, 5) is 1.68. The van der Waals surface area contributed by atoms with Gasteiger partial charge in [0.25, 0.3) is 0 Å². The molecule has 1 aromatic rings. The summed E-state index contributed by atoms with van der Waals surface area (Å²) in [6.07, 6.45) is 0.